The summed E-state index contributed by atoms with van der Waals surface area (Å²) in [5, 5.41) is 19.2. The van der Waals surface area contributed by atoms with Crippen LogP contribution in [0.5, 0.6) is 0 Å². The van der Waals surface area contributed by atoms with Crippen LogP contribution in [-0.4, -0.2) is 53.0 Å². The molecule has 0 aromatic rings. The molecule has 0 radical (unpaired) electrons. The minimum atomic E-state index is -0.962. The van der Waals surface area contributed by atoms with Gasteiger partial charge in [0.2, 0.25) is 0 Å². The third-order valence-corrected chi connectivity index (χ3v) is 5.35. The summed E-state index contributed by atoms with van der Waals surface area (Å²) in [6.45, 7) is 12.8. The van der Waals surface area contributed by atoms with E-state index in [-0.39, 0.29) is 29.9 Å². The zero-order chi connectivity index (χ0) is 19.3. The van der Waals surface area contributed by atoms with E-state index >= 15 is 0 Å². The Hall–Kier alpha value is -0.850. The van der Waals surface area contributed by atoms with Crippen molar-refractivity contribution in [2.45, 2.75) is 66.0 Å². The molecule has 0 aliphatic rings. The summed E-state index contributed by atoms with van der Waals surface area (Å²) in [5.41, 5.74) is 11.1. The molecule has 0 rings (SSSR count). The molecular weight excluding hydrogens is 306 g/mol. The lowest BCUT2D eigenvalue weighted by Crippen LogP contribution is -2.67. The Kier molecular flexibility index (Phi) is 8.70. The van der Waals surface area contributed by atoms with Gasteiger partial charge < -0.3 is 26.6 Å². The van der Waals surface area contributed by atoms with Crippen LogP contribution < -0.4 is 11.5 Å². The molecule has 0 fully saturated rings. The van der Waals surface area contributed by atoms with Gasteiger partial charge in [-0.15, -0.1) is 0 Å². The summed E-state index contributed by atoms with van der Waals surface area (Å²) in [7, 11) is 1.64. The summed E-state index contributed by atoms with van der Waals surface area (Å²) in [6, 6.07) is -0.374. The van der Waals surface area contributed by atoms with E-state index in [4.69, 9.17) is 11.5 Å². The van der Waals surface area contributed by atoms with Crippen LogP contribution >= 0.6 is 0 Å². The molecule has 24 heavy (non-hydrogen) atoms. The molecule has 0 heterocycles. The predicted molar refractivity (Wildman–Crippen MR) is 98.8 cm³/mol. The van der Waals surface area contributed by atoms with Gasteiger partial charge in [-0.25, -0.2) is 4.79 Å². The van der Waals surface area contributed by atoms with E-state index in [0.717, 1.165) is 6.42 Å². The summed E-state index contributed by atoms with van der Waals surface area (Å²) in [6.07, 6.45) is 0.418. The molecule has 0 aliphatic carbocycles. The van der Waals surface area contributed by atoms with Crippen molar-refractivity contribution >= 4 is 6.09 Å². The van der Waals surface area contributed by atoms with Crippen molar-refractivity contribution in [2.24, 2.45) is 34.6 Å². The van der Waals surface area contributed by atoms with E-state index in [1.807, 2.05) is 6.92 Å². The highest BCUT2D eigenvalue weighted by Gasteiger charge is 2.55. The molecule has 4 atom stereocenters. The first-order valence-electron chi connectivity index (χ1n) is 8.89. The third-order valence-electron chi connectivity index (χ3n) is 5.35. The van der Waals surface area contributed by atoms with Crippen LogP contribution in [0.4, 0.5) is 4.79 Å². The van der Waals surface area contributed by atoms with Gasteiger partial charge in [-0.1, -0.05) is 41.5 Å². The monoisotopic (exact) mass is 345 g/mol. The topological polar surface area (TPSA) is 113 Å². The van der Waals surface area contributed by atoms with Gasteiger partial charge in [-0.05, 0) is 42.6 Å². The molecule has 0 aliphatic heterocycles. The van der Waals surface area contributed by atoms with Gasteiger partial charge in [0.15, 0.2) is 0 Å². The van der Waals surface area contributed by atoms with Crippen molar-refractivity contribution < 1.29 is 15.0 Å². The number of carbonyl (C=O) groups is 1. The van der Waals surface area contributed by atoms with Crippen molar-refractivity contribution in [1.29, 1.82) is 0 Å². The van der Waals surface area contributed by atoms with E-state index in [1.54, 1.807) is 7.05 Å². The largest absolute Gasteiger partial charge is 0.465 e. The van der Waals surface area contributed by atoms with Gasteiger partial charge in [0.25, 0.3) is 0 Å². The molecule has 144 valence electrons. The Bertz CT molecular complexity index is 395. The second-order valence-electron chi connectivity index (χ2n) is 8.56. The van der Waals surface area contributed by atoms with Gasteiger partial charge >= 0.3 is 6.09 Å². The van der Waals surface area contributed by atoms with E-state index < -0.39 is 11.6 Å². The van der Waals surface area contributed by atoms with E-state index in [1.165, 1.54) is 4.90 Å². The average Bonchev–Trinajstić information content (AvgIpc) is 2.44. The van der Waals surface area contributed by atoms with Crippen molar-refractivity contribution in [3.05, 3.63) is 0 Å². The number of nitrogens with zero attached hydrogens (tertiary/aromatic N) is 1. The standard InChI is InChI=1S/C18H39N3O3/c1-12(2)8-14(10-19)18(17(4,5)6,21(7)16(23)24)13(3)9-15(20)11-22/h12-15,22H,8-11,19-20H2,1-7H3,(H,23,24)/t13?,14-,15-,18?/m0/s1. The molecule has 6 nitrogen and oxygen atoms in total. The van der Waals surface area contributed by atoms with Crippen molar-refractivity contribution in [3.8, 4) is 0 Å². The molecule has 0 aromatic heterocycles. The van der Waals surface area contributed by atoms with Gasteiger partial charge in [-0.2, -0.15) is 0 Å². The summed E-state index contributed by atoms with van der Waals surface area (Å²) >= 11 is 0. The van der Waals surface area contributed by atoms with E-state index in [2.05, 4.69) is 34.6 Å². The van der Waals surface area contributed by atoms with Crippen molar-refractivity contribution in [1.82, 2.24) is 4.90 Å². The minimum absolute atomic E-state index is 0.000470. The van der Waals surface area contributed by atoms with E-state index in [9.17, 15) is 15.0 Å². The van der Waals surface area contributed by atoms with Crippen LogP contribution in [0.1, 0.15) is 54.4 Å². The molecule has 2 unspecified atom stereocenters. The Morgan fingerprint density at radius 3 is 1.96 bits per heavy atom. The molecule has 0 saturated carbocycles. The number of aliphatic hydroxyl groups excluding tert-OH is 1. The van der Waals surface area contributed by atoms with Crippen LogP contribution in [0.3, 0.4) is 0 Å². The number of hydrogen-bond donors (Lipinski definition) is 4. The molecule has 0 bridgehead atoms. The first-order valence-corrected chi connectivity index (χ1v) is 8.89. The second kappa shape index (κ2) is 9.02. The number of amides is 1. The van der Waals surface area contributed by atoms with Gasteiger partial charge in [0, 0.05) is 13.1 Å². The number of carboxylic acid groups (broad SMARTS) is 1. The molecule has 0 spiro atoms. The first kappa shape index (κ1) is 23.1. The fourth-order valence-electron chi connectivity index (χ4n) is 4.75. The number of rotatable bonds is 9. The fraction of sp³-hybridized carbons (Fsp3) is 0.944. The second-order valence-corrected chi connectivity index (χ2v) is 8.56. The first-order chi connectivity index (χ1) is 10.9. The number of nitrogens with two attached hydrogens (primary N) is 2. The normalized spacial score (nSPS) is 18.8. The lowest BCUT2D eigenvalue weighted by atomic mass is 9.56. The maximum Gasteiger partial charge on any atom is 0.407 e. The third kappa shape index (κ3) is 4.83. The van der Waals surface area contributed by atoms with Crippen LogP contribution in [0.15, 0.2) is 0 Å². The quantitative estimate of drug-likeness (QED) is 0.512. The average molecular weight is 346 g/mol. The van der Waals surface area contributed by atoms with Crippen LogP contribution in [0, 0.1) is 23.2 Å². The molecule has 1 amide bonds. The number of aliphatic hydroxyl groups is 1. The Labute approximate surface area is 147 Å². The minimum Gasteiger partial charge on any atom is -0.465 e. The SMILES string of the molecule is CC(C)C[C@@H](CN)C(C(C)C[C@H](N)CO)(N(C)C(=O)O)C(C)(C)C. The summed E-state index contributed by atoms with van der Waals surface area (Å²) in [5.74, 6) is 0.355. The van der Waals surface area contributed by atoms with Crippen LogP contribution in [0.2, 0.25) is 0 Å². The maximum absolute atomic E-state index is 12.0. The Morgan fingerprint density at radius 2 is 1.67 bits per heavy atom. The van der Waals surface area contributed by atoms with Gasteiger partial charge in [0.05, 0.1) is 12.1 Å². The molecule has 6 N–H and O–H groups in total. The van der Waals surface area contributed by atoms with Crippen molar-refractivity contribution in [3.63, 3.8) is 0 Å². The zero-order valence-corrected chi connectivity index (χ0v) is 16.5. The molecular formula is C18H39N3O3. The molecule has 0 saturated heterocycles. The summed E-state index contributed by atoms with van der Waals surface area (Å²) in [4.78, 5) is 13.4. The van der Waals surface area contributed by atoms with Crippen LogP contribution in [-0.2, 0) is 0 Å². The molecule has 6 heteroatoms. The lowest BCUT2D eigenvalue weighted by molar-refractivity contribution is -0.0747. The van der Waals surface area contributed by atoms with Crippen molar-refractivity contribution in [2.75, 3.05) is 20.2 Å². The van der Waals surface area contributed by atoms with Gasteiger partial charge in [-0.3, -0.25) is 0 Å². The highest BCUT2D eigenvalue weighted by molar-refractivity contribution is 5.66. The van der Waals surface area contributed by atoms with E-state index in [0.29, 0.717) is 18.9 Å². The predicted octanol–water partition coefficient (Wildman–Crippen LogP) is 2.35. The maximum atomic E-state index is 12.0. The summed E-state index contributed by atoms with van der Waals surface area (Å²) < 4.78 is 0. The van der Waals surface area contributed by atoms with Gasteiger partial charge in [0.1, 0.15) is 0 Å². The highest BCUT2D eigenvalue weighted by Crippen LogP contribution is 2.49. The number of hydrogen-bond acceptors (Lipinski definition) is 4. The molecule has 0 aromatic carbocycles. The highest BCUT2D eigenvalue weighted by atomic mass is 16.4. The fourth-order valence-corrected chi connectivity index (χ4v) is 4.75. The smallest absolute Gasteiger partial charge is 0.407 e. The zero-order valence-electron chi connectivity index (χ0n) is 16.5. The lowest BCUT2D eigenvalue weighted by Gasteiger charge is -2.58. The van der Waals surface area contributed by atoms with Crippen LogP contribution in [0.25, 0.3) is 0 Å². The Balaban J connectivity index is 6.29. The Morgan fingerprint density at radius 1 is 1.17 bits per heavy atom.